The molecule has 2 N–H and O–H groups in total. The molecule has 0 aliphatic carbocycles. The van der Waals surface area contributed by atoms with Crippen LogP contribution in [0.1, 0.15) is 27.2 Å². The van der Waals surface area contributed by atoms with E-state index < -0.39 is 0 Å². The van der Waals surface area contributed by atoms with E-state index in [4.69, 9.17) is 0 Å². The molecule has 0 aromatic carbocycles. The minimum atomic E-state index is 0.243. The number of aliphatic imine (C=N–C) groups is 1. The number of nitrogens with zero attached hydrogens (tertiary/aromatic N) is 2. The molecule has 4 heteroatoms. The van der Waals surface area contributed by atoms with Gasteiger partial charge in [-0.2, -0.15) is 0 Å². The molecule has 0 fully saturated rings. The fraction of sp³-hybridized carbons (Fsp3) is 0.917. The molecule has 4 nitrogen and oxygen atoms in total. The summed E-state index contributed by atoms with van der Waals surface area (Å²) in [6.07, 6.45) is 1.11. The van der Waals surface area contributed by atoms with Crippen molar-refractivity contribution in [2.24, 2.45) is 10.4 Å². The summed E-state index contributed by atoms with van der Waals surface area (Å²) >= 11 is 0. The average molecular weight is 228 g/mol. The van der Waals surface area contributed by atoms with Gasteiger partial charge in [-0.05, 0) is 25.9 Å². The molecule has 0 unspecified atom stereocenters. The maximum atomic E-state index is 4.19. The van der Waals surface area contributed by atoms with Crippen molar-refractivity contribution >= 4 is 5.96 Å². The monoisotopic (exact) mass is 228 g/mol. The Balaban J connectivity index is 4.00. The van der Waals surface area contributed by atoms with E-state index in [0.29, 0.717) is 0 Å². The number of nitrogens with one attached hydrogen (secondary N) is 2. The van der Waals surface area contributed by atoms with Crippen LogP contribution in [0.2, 0.25) is 0 Å². The van der Waals surface area contributed by atoms with E-state index in [1.165, 1.54) is 0 Å². The van der Waals surface area contributed by atoms with Crippen LogP contribution in [0.4, 0.5) is 0 Å². The molecule has 0 spiro atoms. The minimum absolute atomic E-state index is 0.243. The van der Waals surface area contributed by atoms with Gasteiger partial charge in [0.25, 0.3) is 0 Å². The first-order valence-corrected chi connectivity index (χ1v) is 6.00. The fourth-order valence-electron chi connectivity index (χ4n) is 1.70. The van der Waals surface area contributed by atoms with Gasteiger partial charge in [-0.1, -0.05) is 20.8 Å². The van der Waals surface area contributed by atoms with Crippen LogP contribution in [0.25, 0.3) is 0 Å². The summed E-state index contributed by atoms with van der Waals surface area (Å²) in [5.41, 5.74) is 0.243. The van der Waals surface area contributed by atoms with E-state index in [0.717, 1.165) is 32.0 Å². The van der Waals surface area contributed by atoms with Crippen LogP contribution >= 0.6 is 0 Å². The molecule has 0 bridgehead atoms. The first-order chi connectivity index (χ1) is 7.41. The first-order valence-electron chi connectivity index (χ1n) is 6.00. The highest BCUT2D eigenvalue weighted by Crippen LogP contribution is 2.13. The Kier molecular flexibility index (Phi) is 7.13. The third-order valence-electron chi connectivity index (χ3n) is 2.24. The van der Waals surface area contributed by atoms with E-state index in [9.17, 15) is 0 Å². The second-order valence-corrected chi connectivity index (χ2v) is 5.25. The van der Waals surface area contributed by atoms with E-state index in [1.807, 2.05) is 7.05 Å². The van der Waals surface area contributed by atoms with E-state index in [2.05, 4.69) is 55.4 Å². The van der Waals surface area contributed by atoms with Crippen molar-refractivity contribution in [1.29, 1.82) is 0 Å². The van der Waals surface area contributed by atoms with Gasteiger partial charge >= 0.3 is 0 Å². The molecule has 0 amide bonds. The molecule has 0 saturated heterocycles. The molecule has 0 aromatic heterocycles. The topological polar surface area (TPSA) is 39.7 Å². The van der Waals surface area contributed by atoms with Gasteiger partial charge in [-0.3, -0.25) is 4.99 Å². The van der Waals surface area contributed by atoms with E-state index >= 15 is 0 Å². The highest BCUT2D eigenvalue weighted by atomic mass is 15.2. The van der Waals surface area contributed by atoms with Gasteiger partial charge in [0.15, 0.2) is 5.96 Å². The second-order valence-electron chi connectivity index (χ2n) is 5.25. The van der Waals surface area contributed by atoms with E-state index in [1.54, 1.807) is 0 Å². The zero-order chi connectivity index (χ0) is 12.6. The lowest BCUT2D eigenvalue weighted by Crippen LogP contribution is -2.45. The van der Waals surface area contributed by atoms with Crippen LogP contribution in [-0.4, -0.2) is 51.6 Å². The van der Waals surface area contributed by atoms with Gasteiger partial charge in [0.05, 0.1) is 0 Å². The zero-order valence-electron chi connectivity index (χ0n) is 11.7. The second kappa shape index (κ2) is 7.49. The van der Waals surface area contributed by atoms with Crippen molar-refractivity contribution in [3.8, 4) is 0 Å². The van der Waals surface area contributed by atoms with Crippen molar-refractivity contribution in [2.45, 2.75) is 27.2 Å². The zero-order valence-corrected chi connectivity index (χ0v) is 11.7. The molecule has 0 atom stereocenters. The summed E-state index contributed by atoms with van der Waals surface area (Å²) < 4.78 is 0. The van der Waals surface area contributed by atoms with Gasteiger partial charge in [0.2, 0.25) is 0 Å². The molecule has 0 aromatic rings. The van der Waals surface area contributed by atoms with Gasteiger partial charge in [0, 0.05) is 26.7 Å². The lowest BCUT2D eigenvalue weighted by atomic mass is 9.93. The predicted molar refractivity (Wildman–Crippen MR) is 72.0 cm³/mol. The summed E-state index contributed by atoms with van der Waals surface area (Å²) in [6.45, 7) is 9.61. The SMILES string of the molecule is CCCNC(=NC)NCC(C)(C)CN(C)C. The Morgan fingerprint density at radius 1 is 1.25 bits per heavy atom. The van der Waals surface area contributed by atoms with Crippen LogP contribution in [0.15, 0.2) is 4.99 Å². The highest BCUT2D eigenvalue weighted by Gasteiger charge is 2.18. The summed E-state index contributed by atoms with van der Waals surface area (Å²) in [5, 5.41) is 6.63. The highest BCUT2D eigenvalue weighted by molar-refractivity contribution is 5.79. The molecular weight excluding hydrogens is 200 g/mol. The van der Waals surface area contributed by atoms with Crippen LogP contribution in [-0.2, 0) is 0 Å². The molecule has 0 saturated carbocycles. The maximum Gasteiger partial charge on any atom is 0.190 e. The quantitative estimate of drug-likeness (QED) is 0.529. The van der Waals surface area contributed by atoms with Crippen LogP contribution in [0.3, 0.4) is 0 Å². The minimum Gasteiger partial charge on any atom is -0.356 e. The van der Waals surface area contributed by atoms with Crippen molar-refractivity contribution in [2.75, 3.05) is 40.8 Å². The van der Waals surface area contributed by atoms with Gasteiger partial charge in [0.1, 0.15) is 0 Å². The average Bonchev–Trinajstić information content (AvgIpc) is 2.16. The van der Waals surface area contributed by atoms with E-state index in [-0.39, 0.29) is 5.41 Å². The van der Waals surface area contributed by atoms with Crippen molar-refractivity contribution < 1.29 is 0 Å². The predicted octanol–water partition coefficient (Wildman–Crippen LogP) is 1.15. The Hall–Kier alpha value is -0.770. The normalized spacial score (nSPS) is 13.1. The number of hydrogen-bond acceptors (Lipinski definition) is 2. The first kappa shape index (κ1) is 15.2. The Morgan fingerprint density at radius 3 is 2.31 bits per heavy atom. The standard InChI is InChI=1S/C12H28N4/c1-7-8-14-11(13-4)15-9-12(2,3)10-16(5)6/h7-10H2,1-6H3,(H2,13,14,15). The van der Waals surface area contributed by atoms with Gasteiger partial charge in [-0.25, -0.2) is 0 Å². The van der Waals surface area contributed by atoms with Crippen molar-refractivity contribution in [3.05, 3.63) is 0 Å². The lowest BCUT2D eigenvalue weighted by Gasteiger charge is -2.29. The molecule has 0 aliphatic heterocycles. The molecular formula is C12H28N4. The summed E-state index contributed by atoms with van der Waals surface area (Å²) in [7, 11) is 6.02. The van der Waals surface area contributed by atoms with Gasteiger partial charge < -0.3 is 15.5 Å². The Morgan fingerprint density at radius 2 is 1.88 bits per heavy atom. The molecule has 0 aliphatic rings. The van der Waals surface area contributed by atoms with Crippen LogP contribution < -0.4 is 10.6 Å². The molecule has 0 radical (unpaired) electrons. The lowest BCUT2D eigenvalue weighted by molar-refractivity contribution is 0.241. The van der Waals surface area contributed by atoms with Crippen LogP contribution in [0.5, 0.6) is 0 Å². The Labute approximate surface area is 101 Å². The maximum absolute atomic E-state index is 4.19. The largest absolute Gasteiger partial charge is 0.356 e. The van der Waals surface area contributed by atoms with Gasteiger partial charge in [-0.15, -0.1) is 0 Å². The molecule has 96 valence electrons. The molecule has 0 heterocycles. The van der Waals surface area contributed by atoms with Crippen molar-refractivity contribution in [1.82, 2.24) is 15.5 Å². The summed E-state index contributed by atoms with van der Waals surface area (Å²) in [6, 6.07) is 0. The summed E-state index contributed by atoms with van der Waals surface area (Å²) in [5.74, 6) is 0.897. The number of guanidine groups is 1. The Bertz CT molecular complexity index is 209. The van der Waals surface area contributed by atoms with Crippen molar-refractivity contribution in [3.63, 3.8) is 0 Å². The fourth-order valence-corrected chi connectivity index (χ4v) is 1.70. The number of hydrogen-bond donors (Lipinski definition) is 2. The smallest absolute Gasteiger partial charge is 0.190 e. The summed E-state index contributed by atoms with van der Waals surface area (Å²) in [4.78, 5) is 6.40. The van der Waals surface area contributed by atoms with Crippen LogP contribution in [0, 0.1) is 5.41 Å². The third-order valence-corrected chi connectivity index (χ3v) is 2.24. The molecule has 16 heavy (non-hydrogen) atoms. The third kappa shape index (κ3) is 7.51. The number of rotatable bonds is 6. The molecule has 0 rings (SSSR count).